The third kappa shape index (κ3) is 4.91. The Hall–Kier alpha value is -1.38. The van der Waals surface area contributed by atoms with Crippen molar-refractivity contribution in [3.63, 3.8) is 0 Å². The number of benzene rings is 1. The molecule has 1 aromatic carbocycles. The Morgan fingerprint density at radius 3 is 2.50 bits per heavy atom. The van der Waals surface area contributed by atoms with E-state index in [9.17, 15) is 9.18 Å². The highest BCUT2D eigenvalue weighted by Gasteiger charge is 2.08. The molecular formula is C13H19FO2. The third-order valence-corrected chi connectivity index (χ3v) is 1.85. The summed E-state index contributed by atoms with van der Waals surface area (Å²) >= 11 is 0. The van der Waals surface area contributed by atoms with Crippen molar-refractivity contribution in [2.75, 3.05) is 6.61 Å². The normalized spacial score (nSPS) is 9.06. The zero-order valence-electron chi connectivity index (χ0n) is 10.3. The van der Waals surface area contributed by atoms with E-state index in [1.165, 1.54) is 6.07 Å². The van der Waals surface area contributed by atoms with Crippen LogP contribution in [0.2, 0.25) is 0 Å². The fourth-order valence-corrected chi connectivity index (χ4v) is 1.16. The molecule has 0 N–H and O–H groups in total. The minimum atomic E-state index is -0.393. The quantitative estimate of drug-likeness (QED) is 0.739. The van der Waals surface area contributed by atoms with Crippen molar-refractivity contribution in [3.8, 4) is 0 Å². The second kappa shape index (κ2) is 7.85. The van der Waals surface area contributed by atoms with Gasteiger partial charge in [-0.1, -0.05) is 26.0 Å². The Kier molecular flexibility index (Phi) is 7.18. The van der Waals surface area contributed by atoms with Gasteiger partial charge in [-0.15, -0.1) is 0 Å². The van der Waals surface area contributed by atoms with Crippen molar-refractivity contribution >= 4 is 5.97 Å². The van der Waals surface area contributed by atoms with Gasteiger partial charge in [0.15, 0.2) is 0 Å². The molecule has 0 atom stereocenters. The summed E-state index contributed by atoms with van der Waals surface area (Å²) in [5.74, 6) is -0.742. The zero-order valence-corrected chi connectivity index (χ0v) is 10.3. The number of carbonyl (C=O) groups excluding carboxylic acids is 1. The van der Waals surface area contributed by atoms with Crippen molar-refractivity contribution < 1.29 is 13.9 Å². The van der Waals surface area contributed by atoms with Gasteiger partial charge >= 0.3 is 5.97 Å². The van der Waals surface area contributed by atoms with Gasteiger partial charge in [0.2, 0.25) is 0 Å². The van der Waals surface area contributed by atoms with E-state index in [-0.39, 0.29) is 12.2 Å². The van der Waals surface area contributed by atoms with Crippen LogP contribution in [-0.2, 0) is 16.0 Å². The summed E-state index contributed by atoms with van der Waals surface area (Å²) in [6.45, 7) is 7.85. The van der Waals surface area contributed by atoms with Gasteiger partial charge in [0.25, 0.3) is 0 Å². The van der Waals surface area contributed by atoms with E-state index < -0.39 is 5.97 Å². The number of halogens is 1. The van der Waals surface area contributed by atoms with Crippen molar-refractivity contribution in [3.05, 3.63) is 35.1 Å². The van der Waals surface area contributed by atoms with Crippen molar-refractivity contribution in [1.29, 1.82) is 0 Å². The largest absolute Gasteiger partial charge is 0.466 e. The Labute approximate surface area is 96.4 Å². The topological polar surface area (TPSA) is 26.3 Å². The first-order valence-corrected chi connectivity index (χ1v) is 5.54. The highest BCUT2D eigenvalue weighted by Crippen LogP contribution is 2.10. The lowest BCUT2D eigenvalue weighted by Gasteiger charge is -2.03. The van der Waals surface area contributed by atoms with Crippen LogP contribution in [0.25, 0.3) is 0 Å². The fraction of sp³-hybridized carbons (Fsp3) is 0.462. The van der Waals surface area contributed by atoms with E-state index in [4.69, 9.17) is 4.74 Å². The number of hydrogen-bond donors (Lipinski definition) is 0. The predicted octanol–water partition coefficient (Wildman–Crippen LogP) is 3.27. The second-order valence-corrected chi connectivity index (χ2v) is 3.08. The van der Waals surface area contributed by atoms with Crippen LogP contribution in [0, 0.1) is 12.7 Å². The molecule has 3 heteroatoms. The molecule has 0 aliphatic rings. The molecule has 0 aliphatic carbocycles. The minimum Gasteiger partial charge on any atom is -0.466 e. The first kappa shape index (κ1) is 14.6. The fourth-order valence-electron chi connectivity index (χ4n) is 1.16. The van der Waals surface area contributed by atoms with Crippen LogP contribution in [0.3, 0.4) is 0 Å². The van der Waals surface area contributed by atoms with Gasteiger partial charge in [0.05, 0.1) is 13.0 Å². The molecule has 0 fully saturated rings. The molecule has 0 saturated heterocycles. The second-order valence-electron chi connectivity index (χ2n) is 3.08. The summed E-state index contributed by atoms with van der Waals surface area (Å²) in [6, 6.07) is 4.80. The van der Waals surface area contributed by atoms with E-state index in [0.717, 1.165) is 5.56 Å². The highest BCUT2D eigenvalue weighted by atomic mass is 19.1. The van der Waals surface area contributed by atoms with Gasteiger partial charge in [0.1, 0.15) is 5.82 Å². The maximum atomic E-state index is 13.2. The molecule has 90 valence electrons. The van der Waals surface area contributed by atoms with Gasteiger partial charge < -0.3 is 4.74 Å². The van der Waals surface area contributed by atoms with Crippen molar-refractivity contribution in [2.24, 2.45) is 0 Å². The van der Waals surface area contributed by atoms with Crippen LogP contribution in [0.1, 0.15) is 31.9 Å². The Balaban J connectivity index is 0.00000106. The van der Waals surface area contributed by atoms with E-state index in [0.29, 0.717) is 12.2 Å². The molecule has 0 aliphatic heterocycles. The van der Waals surface area contributed by atoms with Gasteiger partial charge in [-0.2, -0.15) is 0 Å². The van der Waals surface area contributed by atoms with E-state index in [1.54, 1.807) is 26.0 Å². The molecule has 0 aromatic heterocycles. The van der Waals surface area contributed by atoms with Crippen LogP contribution in [0.5, 0.6) is 0 Å². The molecule has 0 bridgehead atoms. The number of ether oxygens (including phenoxy) is 1. The molecule has 0 heterocycles. The molecule has 16 heavy (non-hydrogen) atoms. The lowest BCUT2D eigenvalue weighted by atomic mass is 10.1. The Bertz CT molecular complexity index is 335. The lowest BCUT2D eigenvalue weighted by molar-refractivity contribution is -0.142. The Morgan fingerprint density at radius 1 is 1.38 bits per heavy atom. The summed E-state index contributed by atoms with van der Waals surface area (Å²) in [7, 11) is 0. The smallest absolute Gasteiger partial charge is 0.310 e. The molecule has 1 rings (SSSR count). The molecule has 0 amide bonds. The molecule has 0 unspecified atom stereocenters. The standard InChI is InChI=1S/C11H13FO2.C2H6/c1-3-14-11(13)7-9-5-4-8(2)6-10(9)12;1-2/h4-6H,3,7H2,1-2H3;1-2H3. The Morgan fingerprint density at radius 2 is 2.00 bits per heavy atom. The number of carbonyl (C=O) groups is 1. The molecule has 0 spiro atoms. The molecule has 0 saturated carbocycles. The van der Waals surface area contributed by atoms with Crippen LogP contribution in [0.4, 0.5) is 4.39 Å². The van der Waals surface area contributed by atoms with Crippen LogP contribution in [0.15, 0.2) is 18.2 Å². The van der Waals surface area contributed by atoms with Gasteiger partial charge in [-0.05, 0) is 31.0 Å². The van der Waals surface area contributed by atoms with Crippen LogP contribution < -0.4 is 0 Å². The van der Waals surface area contributed by atoms with E-state index >= 15 is 0 Å². The number of rotatable bonds is 3. The maximum Gasteiger partial charge on any atom is 0.310 e. The maximum absolute atomic E-state index is 13.2. The summed E-state index contributed by atoms with van der Waals surface area (Å²) < 4.78 is 18.0. The SMILES string of the molecule is CC.CCOC(=O)Cc1ccc(C)cc1F. The van der Waals surface area contributed by atoms with Gasteiger partial charge in [0, 0.05) is 0 Å². The number of esters is 1. The lowest BCUT2D eigenvalue weighted by Crippen LogP contribution is -2.08. The highest BCUT2D eigenvalue weighted by molar-refractivity contribution is 5.72. The first-order chi connectivity index (χ1) is 7.63. The third-order valence-electron chi connectivity index (χ3n) is 1.85. The van der Waals surface area contributed by atoms with Gasteiger partial charge in [-0.25, -0.2) is 4.39 Å². The number of hydrogen-bond acceptors (Lipinski definition) is 2. The monoisotopic (exact) mass is 226 g/mol. The van der Waals surface area contributed by atoms with Crippen LogP contribution >= 0.6 is 0 Å². The molecule has 0 radical (unpaired) electrons. The predicted molar refractivity (Wildman–Crippen MR) is 62.8 cm³/mol. The summed E-state index contributed by atoms with van der Waals surface area (Å²) in [5.41, 5.74) is 1.23. The van der Waals surface area contributed by atoms with Gasteiger partial charge in [-0.3, -0.25) is 4.79 Å². The summed E-state index contributed by atoms with van der Waals surface area (Å²) in [5, 5.41) is 0. The number of aryl methyl sites for hydroxylation is 1. The van der Waals surface area contributed by atoms with Crippen LogP contribution in [-0.4, -0.2) is 12.6 Å². The zero-order chi connectivity index (χ0) is 12.6. The minimum absolute atomic E-state index is 0.0000463. The van der Waals surface area contributed by atoms with E-state index in [1.807, 2.05) is 13.8 Å². The molecule has 1 aromatic rings. The van der Waals surface area contributed by atoms with Crippen molar-refractivity contribution in [2.45, 2.75) is 34.1 Å². The summed E-state index contributed by atoms with van der Waals surface area (Å²) in [4.78, 5) is 11.1. The molecule has 2 nitrogen and oxygen atoms in total. The summed E-state index contributed by atoms with van der Waals surface area (Å²) in [6.07, 6.45) is -0.0000463. The first-order valence-electron chi connectivity index (χ1n) is 5.54. The van der Waals surface area contributed by atoms with E-state index in [2.05, 4.69) is 0 Å². The average molecular weight is 226 g/mol. The molecular weight excluding hydrogens is 207 g/mol. The van der Waals surface area contributed by atoms with Crippen molar-refractivity contribution in [1.82, 2.24) is 0 Å². The average Bonchev–Trinajstić information content (AvgIpc) is 2.26.